The molecule has 4 aromatic rings. The van der Waals surface area contributed by atoms with Gasteiger partial charge in [0.15, 0.2) is 5.58 Å². The third-order valence-corrected chi connectivity index (χ3v) is 4.93. The molecule has 4 rings (SSSR count). The minimum atomic E-state index is -0.520. The zero-order valence-electron chi connectivity index (χ0n) is 19.1. The monoisotopic (exact) mass is 458 g/mol. The van der Waals surface area contributed by atoms with Crippen molar-refractivity contribution in [3.63, 3.8) is 0 Å². The molecule has 0 radical (unpaired) electrons. The van der Waals surface area contributed by atoms with E-state index < -0.39 is 5.97 Å². The Morgan fingerprint density at radius 3 is 2.44 bits per heavy atom. The summed E-state index contributed by atoms with van der Waals surface area (Å²) in [5.74, 6) is 0.866. The predicted molar refractivity (Wildman–Crippen MR) is 131 cm³/mol. The van der Waals surface area contributed by atoms with Crippen LogP contribution in [0.3, 0.4) is 0 Å². The maximum Gasteiger partial charge on any atom is 0.374 e. The van der Waals surface area contributed by atoms with Crippen molar-refractivity contribution in [1.29, 1.82) is 0 Å². The molecule has 174 valence electrons. The SMILES string of the molecule is CCOC(=O)/C(=C/c1ccc(OCCN(C)c2nc3ccccc3o2)cc1)Oc1ccccc1. The summed E-state index contributed by atoms with van der Waals surface area (Å²) < 4.78 is 22.5. The van der Waals surface area contributed by atoms with Gasteiger partial charge in [0, 0.05) is 7.05 Å². The maximum absolute atomic E-state index is 12.3. The first-order valence-corrected chi connectivity index (χ1v) is 11.0. The van der Waals surface area contributed by atoms with E-state index in [4.69, 9.17) is 18.6 Å². The topological polar surface area (TPSA) is 74.0 Å². The molecule has 0 bridgehead atoms. The number of likely N-dealkylation sites (N-methyl/N-ethyl adjacent to an activating group) is 1. The average Bonchev–Trinajstić information content (AvgIpc) is 3.30. The lowest BCUT2D eigenvalue weighted by Crippen LogP contribution is -2.23. The smallest absolute Gasteiger partial charge is 0.374 e. The van der Waals surface area contributed by atoms with Gasteiger partial charge >= 0.3 is 5.97 Å². The van der Waals surface area contributed by atoms with Gasteiger partial charge in [0.2, 0.25) is 5.76 Å². The van der Waals surface area contributed by atoms with Gasteiger partial charge in [0.05, 0.1) is 13.2 Å². The van der Waals surface area contributed by atoms with E-state index in [1.807, 2.05) is 78.7 Å². The molecule has 0 saturated heterocycles. The van der Waals surface area contributed by atoms with Gasteiger partial charge in [-0.05, 0) is 55.0 Å². The van der Waals surface area contributed by atoms with Gasteiger partial charge in [-0.15, -0.1) is 0 Å². The molecule has 1 aromatic heterocycles. The van der Waals surface area contributed by atoms with Crippen molar-refractivity contribution in [3.05, 3.63) is 90.2 Å². The van der Waals surface area contributed by atoms with E-state index in [-0.39, 0.29) is 12.4 Å². The number of nitrogens with zero attached hydrogens (tertiary/aromatic N) is 2. The third-order valence-electron chi connectivity index (χ3n) is 4.93. The van der Waals surface area contributed by atoms with Crippen molar-refractivity contribution in [2.24, 2.45) is 0 Å². The Balaban J connectivity index is 1.36. The van der Waals surface area contributed by atoms with E-state index >= 15 is 0 Å². The van der Waals surface area contributed by atoms with Crippen LogP contribution in [0.15, 0.2) is 89.0 Å². The van der Waals surface area contributed by atoms with E-state index in [1.54, 1.807) is 25.1 Å². The second-order valence-electron chi connectivity index (χ2n) is 7.45. The summed E-state index contributed by atoms with van der Waals surface area (Å²) in [5, 5.41) is 0. The third kappa shape index (κ3) is 5.95. The number of aromatic nitrogens is 1. The fourth-order valence-corrected chi connectivity index (χ4v) is 3.18. The molecular formula is C27H26N2O5. The second kappa shape index (κ2) is 11.0. The van der Waals surface area contributed by atoms with Gasteiger partial charge in [-0.2, -0.15) is 4.98 Å². The van der Waals surface area contributed by atoms with Gasteiger partial charge in [-0.1, -0.05) is 42.5 Å². The fraction of sp³-hybridized carbons (Fsp3) is 0.185. The highest BCUT2D eigenvalue weighted by Crippen LogP contribution is 2.21. The van der Waals surface area contributed by atoms with E-state index in [0.29, 0.717) is 30.7 Å². The Bertz CT molecular complexity index is 1220. The summed E-state index contributed by atoms with van der Waals surface area (Å²) in [5.41, 5.74) is 2.37. The molecule has 0 fully saturated rings. The molecule has 0 spiro atoms. The van der Waals surface area contributed by atoms with Crippen molar-refractivity contribution < 1.29 is 23.4 Å². The molecule has 0 aliphatic heterocycles. The number of rotatable bonds is 10. The zero-order valence-corrected chi connectivity index (χ0v) is 19.1. The highest BCUT2D eigenvalue weighted by molar-refractivity contribution is 5.92. The Hall–Kier alpha value is -4.26. The number of ether oxygens (including phenoxy) is 3. The molecule has 0 N–H and O–H groups in total. The van der Waals surface area contributed by atoms with Crippen LogP contribution in [0.1, 0.15) is 12.5 Å². The molecule has 1 heterocycles. The van der Waals surface area contributed by atoms with Crippen LogP contribution < -0.4 is 14.4 Å². The molecule has 0 aliphatic rings. The largest absolute Gasteiger partial charge is 0.492 e. The maximum atomic E-state index is 12.3. The number of carbonyl (C=O) groups excluding carboxylic acids is 1. The fourth-order valence-electron chi connectivity index (χ4n) is 3.18. The summed E-state index contributed by atoms with van der Waals surface area (Å²) in [6.45, 7) is 3.08. The molecule has 0 unspecified atom stereocenters. The van der Waals surface area contributed by atoms with Crippen LogP contribution in [0.25, 0.3) is 17.2 Å². The first-order chi connectivity index (χ1) is 16.6. The van der Waals surface area contributed by atoms with E-state index in [0.717, 1.165) is 16.7 Å². The molecule has 3 aromatic carbocycles. The van der Waals surface area contributed by atoms with Crippen LogP contribution in [0.2, 0.25) is 0 Å². The van der Waals surface area contributed by atoms with Crippen LogP contribution in [0.4, 0.5) is 6.01 Å². The molecule has 0 atom stereocenters. The Morgan fingerprint density at radius 2 is 1.71 bits per heavy atom. The summed E-state index contributed by atoms with van der Waals surface area (Å²) in [6, 6.07) is 24.7. The van der Waals surface area contributed by atoms with Crippen molar-refractivity contribution in [2.45, 2.75) is 6.92 Å². The molecule has 7 heteroatoms. The number of fused-ring (bicyclic) bond motifs is 1. The van der Waals surface area contributed by atoms with Crippen LogP contribution in [-0.4, -0.2) is 37.8 Å². The van der Waals surface area contributed by atoms with Gasteiger partial charge in [0.25, 0.3) is 6.01 Å². The van der Waals surface area contributed by atoms with Crippen molar-refractivity contribution in [3.8, 4) is 11.5 Å². The number of hydrogen-bond acceptors (Lipinski definition) is 7. The van der Waals surface area contributed by atoms with Gasteiger partial charge in [0.1, 0.15) is 23.6 Å². The lowest BCUT2D eigenvalue weighted by molar-refractivity contribution is -0.140. The van der Waals surface area contributed by atoms with E-state index in [9.17, 15) is 4.79 Å². The number of oxazole rings is 1. The number of para-hydroxylation sites is 3. The van der Waals surface area contributed by atoms with Crippen LogP contribution in [0, 0.1) is 0 Å². The summed E-state index contributed by atoms with van der Waals surface area (Å²) in [6.07, 6.45) is 1.65. The lowest BCUT2D eigenvalue weighted by atomic mass is 10.2. The number of esters is 1. The standard InChI is InChI=1S/C27H26N2O5/c1-3-31-26(30)25(33-22-9-5-4-6-10-22)19-20-13-15-21(16-14-20)32-18-17-29(2)27-28-23-11-7-8-12-24(23)34-27/h4-16,19H,3,17-18H2,1-2H3/b25-19-. The number of carbonyl (C=O) groups is 1. The molecular weight excluding hydrogens is 432 g/mol. The molecule has 7 nitrogen and oxygen atoms in total. The predicted octanol–water partition coefficient (Wildman–Crippen LogP) is 5.33. The summed E-state index contributed by atoms with van der Waals surface area (Å²) in [7, 11) is 1.91. The number of anilines is 1. The lowest BCUT2D eigenvalue weighted by Gasteiger charge is -2.15. The van der Waals surface area contributed by atoms with Crippen molar-refractivity contribution in [1.82, 2.24) is 4.98 Å². The first-order valence-electron chi connectivity index (χ1n) is 11.0. The van der Waals surface area contributed by atoms with Crippen LogP contribution in [0.5, 0.6) is 11.5 Å². The minimum absolute atomic E-state index is 0.113. The molecule has 34 heavy (non-hydrogen) atoms. The molecule has 0 saturated carbocycles. The highest BCUT2D eigenvalue weighted by Gasteiger charge is 2.14. The average molecular weight is 459 g/mol. The van der Waals surface area contributed by atoms with E-state index in [1.165, 1.54) is 0 Å². The first kappa shape index (κ1) is 22.9. The molecule has 0 amide bonds. The number of benzene rings is 3. The van der Waals surface area contributed by atoms with Crippen LogP contribution in [-0.2, 0) is 9.53 Å². The Morgan fingerprint density at radius 1 is 0.971 bits per heavy atom. The zero-order chi connectivity index (χ0) is 23.8. The number of hydrogen-bond donors (Lipinski definition) is 0. The Kier molecular flexibility index (Phi) is 7.45. The Labute approximate surface area is 198 Å². The van der Waals surface area contributed by atoms with Gasteiger partial charge < -0.3 is 23.5 Å². The molecule has 0 aliphatic carbocycles. The minimum Gasteiger partial charge on any atom is -0.492 e. The van der Waals surface area contributed by atoms with Crippen molar-refractivity contribution >= 4 is 29.2 Å². The van der Waals surface area contributed by atoms with E-state index in [2.05, 4.69) is 4.98 Å². The summed E-state index contributed by atoms with van der Waals surface area (Å²) >= 11 is 0. The van der Waals surface area contributed by atoms with Gasteiger partial charge in [-0.25, -0.2) is 4.79 Å². The van der Waals surface area contributed by atoms with Crippen molar-refractivity contribution in [2.75, 3.05) is 31.7 Å². The van der Waals surface area contributed by atoms with Crippen LogP contribution >= 0.6 is 0 Å². The highest BCUT2D eigenvalue weighted by atomic mass is 16.6. The second-order valence-corrected chi connectivity index (χ2v) is 7.45. The normalized spacial score (nSPS) is 11.3. The summed E-state index contributed by atoms with van der Waals surface area (Å²) in [4.78, 5) is 18.7. The van der Waals surface area contributed by atoms with Gasteiger partial charge in [-0.3, -0.25) is 0 Å². The quantitative estimate of drug-likeness (QED) is 0.181.